The third-order valence-corrected chi connectivity index (χ3v) is 3.02. The van der Waals surface area contributed by atoms with Gasteiger partial charge in [0.25, 0.3) is 0 Å². The molecule has 0 saturated heterocycles. The van der Waals surface area contributed by atoms with Crippen molar-refractivity contribution >= 4 is 38.4 Å². The van der Waals surface area contributed by atoms with Gasteiger partial charge in [-0.05, 0) is 31.2 Å². The Kier molecular flexibility index (Phi) is 3.29. The highest BCUT2D eigenvalue weighted by molar-refractivity contribution is 9.10. The fourth-order valence-electron chi connectivity index (χ4n) is 1.52. The third-order valence-electron chi connectivity index (χ3n) is 2.24. The Hall–Kier alpha value is -0.580. The van der Waals surface area contributed by atoms with Gasteiger partial charge in [-0.2, -0.15) is 5.10 Å². The fourth-order valence-corrected chi connectivity index (χ4v) is 2.12. The van der Waals surface area contributed by atoms with E-state index in [0.717, 1.165) is 28.3 Å². The number of aryl methyl sites for hydroxylation is 1. The van der Waals surface area contributed by atoms with Gasteiger partial charge in [-0.1, -0.05) is 27.5 Å². The lowest BCUT2D eigenvalue weighted by molar-refractivity contribution is 0.603. The van der Waals surface area contributed by atoms with Gasteiger partial charge < -0.3 is 5.73 Å². The monoisotopic (exact) mass is 287 g/mol. The molecule has 0 aliphatic carbocycles. The van der Waals surface area contributed by atoms with E-state index in [-0.39, 0.29) is 0 Å². The zero-order valence-electron chi connectivity index (χ0n) is 8.08. The van der Waals surface area contributed by atoms with E-state index in [1.54, 1.807) is 0 Å². The topological polar surface area (TPSA) is 43.8 Å². The first kappa shape index (κ1) is 10.9. The minimum absolute atomic E-state index is 0.550. The first-order chi connectivity index (χ1) is 7.22. The van der Waals surface area contributed by atoms with Crippen LogP contribution in [0.1, 0.15) is 6.42 Å². The molecule has 5 heteroatoms. The van der Waals surface area contributed by atoms with Gasteiger partial charge in [0, 0.05) is 16.4 Å². The van der Waals surface area contributed by atoms with Crippen molar-refractivity contribution in [3.8, 4) is 0 Å². The lowest BCUT2D eigenvalue weighted by Crippen LogP contribution is -2.06. The minimum Gasteiger partial charge on any atom is -0.330 e. The van der Waals surface area contributed by atoms with Crippen molar-refractivity contribution in [2.24, 2.45) is 5.73 Å². The van der Waals surface area contributed by atoms with Crippen molar-refractivity contribution in [2.75, 3.05) is 6.54 Å². The van der Waals surface area contributed by atoms with Crippen molar-refractivity contribution in [1.82, 2.24) is 9.78 Å². The maximum Gasteiger partial charge on any atom is 0.158 e. The van der Waals surface area contributed by atoms with E-state index in [1.165, 1.54) is 0 Å². The molecule has 3 nitrogen and oxygen atoms in total. The number of hydrogen-bond donors (Lipinski definition) is 1. The molecule has 2 N–H and O–H groups in total. The Morgan fingerprint density at radius 3 is 3.00 bits per heavy atom. The molecule has 0 aliphatic heterocycles. The quantitative estimate of drug-likeness (QED) is 0.944. The molecule has 2 aromatic rings. The molecule has 0 amide bonds. The second-order valence-corrected chi connectivity index (χ2v) is 4.59. The number of nitrogens with two attached hydrogens (primary N) is 1. The molecule has 15 heavy (non-hydrogen) atoms. The summed E-state index contributed by atoms with van der Waals surface area (Å²) < 4.78 is 2.93. The van der Waals surface area contributed by atoms with Gasteiger partial charge in [0.1, 0.15) is 0 Å². The van der Waals surface area contributed by atoms with Crippen LogP contribution in [0.4, 0.5) is 0 Å². The molecule has 80 valence electrons. The number of rotatable bonds is 3. The highest BCUT2D eigenvalue weighted by Crippen LogP contribution is 2.25. The van der Waals surface area contributed by atoms with E-state index in [0.29, 0.717) is 11.7 Å². The Balaban J connectivity index is 2.49. The smallest absolute Gasteiger partial charge is 0.158 e. The summed E-state index contributed by atoms with van der Waals surface area (Å²) in [7, 11) is 0. The number of benzene rings is 1. The predicted molar refractivity (Wildman–Crippen MR) is 66.1 cm³/mol. The van der Waals surface area contributed by atoms with Gasteiger partial charge in [0.05, 0.1) is 5.52 Å². The maximum atomic E-state index is 6.03. The summed E-state index contributed by atoms with van der Waals surface area (Å²) in [5.41, 5.74) is 6.52. The van der Waals surface area contributed by atoms with E-state index in [9.17, 15) is 0 Å². The van der Waals surface area contributed by atoms with E-state index >= 15 is 0 Å². The highest BCUT2D eigenvalue weighted by Gasteiger charge is 2.08. The summed E-state index contributed by atoms with van der Waals surface area (Å²) in [6.07, 6.45) is 0.902. The minimum atomic E-state index is 0.550. The Morgan fingerprint density at radius 2 is 2.27 bits per heavy atom. The molecular weight excluding hydrogens is 277 g/mol. The van der Waals surface area contributed by atoms with Crippen LogP contribution in [0.5, 0.6) is 0 Å². The maximum absolute atomic E-state index is 6.03. The third kappa shape index (κ3) is 2.17. The molecule has 1 heterocycles. The molecule has 0 spiro atoms. The molecular formula is C10H11BrClN3. The molecule has 2 rings (SSSR count). The summed E-state index contributed by atoms with van der Waals surface area (Å²) in [6.45, 7) is 1.46. The van der Waals surface area contributed by atoms with Crippen LogP contribution in [0.3, 0.4) is 0 Å². The van der Waals surface area contributed by atoms with Gasteiger partial charge in [0.15, 0.2) is 5.15 Å². The first-order valence-electron chi connectivity index (χ1n) is 4.74. The fraction of sp³-hybridized carbons (Fsp3) is 0.300. The zero-order valence-corrected chi connectivity index (χ0v) is 10.4. The molecule has 1 aromatic heterocycles. The summed E-state index contributed by atoms with van der Waals surface area (Å²) in [4.78, 5) is 0. The molecule has 0 bridgehead atoms. The Bertz CT molecular complexity index is 481. The normalized spacial score (nSPS) is 11.1. The largest absolute Gasteiger partial charge is 0.330 e. The highest BCUT2D eigenvalue weighted by atomic mass is 79.9. The van der Waals surface area contributed by atoms with Crippen LogP contribution in [0, 0.1) is 0 Å². The van der Waals surface area contributed by atoms with Crippen molar-refractivity contribution in [3.63, 3.8) is 0 Å². The number of halogens is 2. The summed E-state index contributed by atoms with van der Waals surface area (Å²) >= 11 is 9.47. The van der Waals surface area contributed by atoms with Gasteiger partial charge in [-0.25, -0.2) is 0 Å². The summed E-state index contributed by atoms with van der Waals surface area (Å²) in [5, 5.41) is 5.81. The molecule has 0 atom stereocenters. The molecule has 0 radical (unpaired) electrons. The van der Waals surface area contributed by atoms with Gasteiger partial charge >= 0.3 is 0 Å². The molecule has 0 saturated carbocycles. The van der Waals surface area contributed by atoms with E-state index in [1.807, 2.05) is 22.9 Å². The van der Waals surface area contributed by atoms with Crippen LogP contribution in [0.25, 0.3) is 10.9 Å². The molecule has 0 fully saturated rings. The van der Waals surface area contributed by atoms with Crippen molar-refractivity contribution in [3.05, 3.63) is 27.8 Å². The predicted octanol–water partition coefficient (Wildman–Crippen LogP) is 2.80. The molecule has 0 unspecified atom stereocenters. The number of fused-ring (bicyclic) bond motifs is 1. The number of aromatic nitrogens is 2. The second kappa shape index (κ2) is 4.51. The van der Waals surface area contributed by atoms with Crippen LogP contribution in [0.15, 0.2) is 22.7 Å². The van der Waals surface area contributed by atoms with Crippen LogP contribution in [-0.4, -0.2) is 16.3 Å². The summed E-state index contributed by atoms with van der Waals surface area (Å²) in [6, 6.07) is 5.95. The van der Waals surface area contributed by atoms with Crippen molar-refractivity contribution in [2.45, 2.75) is 13.0 Å². The lowest BCUT2D eigenvalue weighted by atomic mass is 10.2. The van der Waals surface area contributed by atoms with Gasteiger partial charge in [0.2, 0.25) is 0 Å². The Morgan fingerprint density at radius 1 is 1.47 bits per heavy atom. The first-order valence-corrected chi connectivity index (χ1v) is 5.91. The van der Waals surface area contributed by atoms with Crippen LogP contribution < -0.4 is 5.73 Å². The number of hydrogen-bond acceptors (Lipinski definition) is 2. The average Bonchev–Trinajstić information content (AvgIpc) is 2.52. The van der Waals surface area contributed by atoms with Crippen LogP contribution in [-0.2, 0) is 6.54 Å². The molecule has 1 aromatic carbocycles. The van der Waals surface area contributed by atoms with Gasteiger partial charge in [-0.15, -0.1) is 0 Å². The van der Waals surface area contributed by atoms with Crippen LogP contribution in [0.2, 0.25) is 5.15 Å². The van der Waals surface area contributed by atoms with E-state index in [4.69, 9.17) is 17.3 Å². The van der Waals surface area contributed by atoms with E-state index < -0.39 is 0 Å². The average molecular weight is 289 g/mol. The summed E-state index contributed by atoms with van der Waals surface area (Å²) in [5.74, 6) is 0. The SMILES string of the molecule is NCCCn1nc(Cl)c2ccc(Br)cc21. The van der Waals surface area contributed by atoms with Gasteiger partial charge in [-0.3, -0.25) is 4.68 Å². The zero-order chi connectivity index (χ0) is 10.8. The standard InChI is InChI=1S/C10H11BrClN3/c11-7-2-3-8-9(6-7)15(5-1-4-13)14-10(8)12/h2-3,6H,1,4-5,13H2. The number of nitrogens with zero attached hydrogens (tertiary/aromatic N) is 2. The van der Waals surface area contributed by atoms with E-state index in [2.05, 4.69) is 21.0 Å². The Labute approximate surface area is 101 Å². The molecule has 0 aliphatic rings. The van der Waals surface area contributed by atoms with Crippen molar-refractivity contribution in [1.29, 1.82) is 0 Å². The lowest BCUT2D eigenvalue weighted by Gasteiger charge is -2.01. The van der Waals surface area contributed by atoms with Crippen LogP contribution >= 0.6 is 27.5 Å². The van der Waals surface area contributed by atoms with Crippen molar-refractivity contribution < 1.29 is 0 Å². The second-order valence-electron chi connectivity index (χ2n) is 3.32.